The van der Waals surface area contributed by atoms with Crippen molar-refractivity contribution < 1.29 is 28.6 Å². The van der Waals surface area contributed by atoms with E-state index in [1.807, 2.05) is 48.5 Å². The van der Waals surface area contributed by atoms with Gasteiger partial charge in [-0.1, -0.05) is 60.7 Å². The number of thioether (sulfide) groups is 1. The Morgan fingerprint density at radius 2 is 1.31 bits per heavy atom. The third kappa shape index (κ3) is 9.30. The van der Waals surface area contributed by atoms with Crippen LogP contribution in [0.3, 0.4) is 0 Å². The van der Waals surface area contributed by atoms with E-state index < -0.39 is 17.1 Å². The molecule has 0 saturated carbocycles. The second-order valence-electron chi connectivity index (χ2n) is 10.6. The molecule has 1 atom stereocenters. The fourth-order valence-corrected chi connectivity index (χ4v) is 5.80. The number of nitrogens with one attached hydrogen (secondary N) is 3. The maximum Gasteiger partial charge on any atom is 0.272 e. The molecule has 5 aromatic carbocycles. The molecule has 248 valence electrons. The number of amides is 3. The molecule has 3 amide bonds. The number of hydrogen-bond donors (Lipinski definition) is 3. The highest BCUT2D eigenvalue weighted by atomic mass is 32.2. The first kappa shape index (κ1) is 34.3. The van der Waals surface area contributed by atoms with E-state index in [1.54, 1.807) is 99.2 Å². The minimum Gasteiger partial charge on any atom is -0.497 e. The Morgan fingerprint density at radius 1 is 0.673 bits per heavy atom. The van der Waals surface area contributed by atoms with Gasteiger partial charge in [-0.05, 0) is 77.9 Å². The number of rotatable bonds is 13. The average molecular weight is 674 g/mol. The van der Waals surface area contributed by atoms with Crippen molar-refractivity contribution in [2.24, 2.45) is 0 Å². The first-order chi connectivity index (χ1) is 23.9. The molecule has 0 radical (unpaired) electrons. The highest BCUT2D eigenvalue weighted by Crippen LogP contribution is 2.38. The zero-order valence-corrected chi connectivity index (χ0v) is 28.0. The fourth-order valence-electron chi connectivity index (χ4n) is 4.77. The molecule has 0 spiro atoms. The lowest BCUT2D eigenvalue weighted by atomic mass is 10.1. The van der Waals surface area contributed by atoms with Crippen LogP contribution in [0.4, 0.5) is 11.4 Å². The predicted molar refractivity (Wildman–Crippen MR) is 193 cm³/mol. The quantitative estimate of drug-likeness (QED) is 0.0872. The molecule has 1 unspecified atom stereocenters. The van der Waals surface area contributed by atoms with Gasteiger partial charge in [-0.25, -0.2) is 0 Å². The van der Waals surface area contributed by atoms with Crippen molar-refractivity contribution in [2.75, 3.05) is 32.0 Å². The van der Waals surface area contributed by atoms with E-state index in [1.165, 1.54) is 18.9 Å². The zero-order chi connectivity index (χ0) is 34.6. The Balaban J connectivity index is 1.34. The molecule has 0 fully saturated rings. The Kier molecular flexibility index (Phi) is 11.7. The highest BCUT2D eigenvalue weighted by molar-refractivity contribution is 8.00. The van der Waals surface area contributed by atoms with Crippen molar-refractivity contribution in [3.8, 4) is 17.2 Å². The molecule has 5 aromatic rings. The summed E-state index contributed by atoms with van der Waals surface area (Å²) in [7, 11) is 4.67. The number of carbonyl (C=O) groups is 3. The number of benzene rings is 5. The highest BCUT2D eigenvalue weighted by Gasteiger charge is 2.24. The van der Waals surface area contributed by atoms with Crippen LogP contribution in [0.25, 0.3) is 6.08 Å². The van der Waals surface area contributed by atoms with Crippen molar-refractivity contribution in [2.45, 2.75) is 10.1 Å². The average Bonchev–Trinajstić information content (AvgIpc) is 3.15. The van der Waals surface area contributed by atoms with E-state index in [4.69, 9.17) is 14.2 Å². The molecule has 49 heavy (non-hydrogen) atoms. The van der Waals surface area contributed by atoms with Crippen LogP contribution in [0.1, 0.15) is 26.7 Å². The van der Waals surface area contributed by atoms with Gasteiger partial charge in [-0.3, -0.25) is 14.4 Å². The minimum atomic E-state index is -0.607. The van der Waals surface area contributed by atoms with Crippen LogP contribution >= 0.6 is 11.8 Å². The van der Waals surface area contributed by atoms with Gasteiger partial charge in [0.1, 0.15) is 28.2 Å². The predicted octanol–water partition coefficient (Wildman–Crippen LogP) is 7.59. The van der Waals surface area contributed by atoms with Gasteiger partial charge in [0.15, 0.2) is 0 Å². The molecule has 0 aliphatic heterocycles. The number of carbonyl (C=O) groups excluding carboxylic acids is 3. The minimum absolute atomic E-state index is 0.0613. The number of methoxy groups -OCH3 is 3. The summed E-state index contributed by atoms with van der Waals surface area (Å²) in [6.07, 6.45) is 1.60. The van der Waals surface area contributed by atoms with E-state index in [9.17, 15) is 14.4 Å². The Labute approximate surface area is 289 Å². The van der Waals surface area contributed by atoms with Gasteiger partial charge in [-0.2, -0.15) is 0 Å². The first-order valence-corrected chi connectivity index (χ1v) is 16.1. The molecule has 0 aliphatic rings. The molecule has 0 heterocycles. The molecular formula is C39H35N3O6S. The Hall–Kier alpha value is -6.00. The normalized spacial score (nSPS) is 11.5. The summed E-state index contributed by atoms with van der Waals surface area (Å²) < 4.78 is 16.0. The van der Waals surface area contributed by atoms with Gasteiger partial charge in [-0.15, -0.1) is 11.8 Å². The molecule has 0 bridgehead atoms. The molecule has 0 aromatic heterocycles. The van der Waals surface area contributed by atoms with Crippen molar-refractivity contribution in [1.29, 1.82) is 0 Å². The molecule has 0 saturated heterocycles. The summed E-state index contributed by atoms with van der Waals surface area (Å²) in [4.78, 5) is 41.0. The van der Waals surface area contributed by atoms with Crippen molar-refractivity contribution in [1.82, 2.24) is 5.32 Å². The second kappa shape index (κ2) is 16.7. The third-order valence-electron chi connectivity index (χ3n) is 7.33. The summed E-state index contributed by atoms with van der Waals surface area (Å²) in [6, 6.07) is 37.6. The summed E-state index contributed by atoms with van der Waals surface area (Å²) in [6.45, 7) is 0. The van der Waals surface area contributed by atoms with Crippen LogP contribution < -0.4 is 30.2 Å². The monoisotopic (exact) mass is 673 g/mol. The Bertz CT molecular complexity index is 1920. The summed E-state index contributed by atoms with van der Waals surface area (Å²) in [5.74, 6) is 0.586. The number of ether oxygens (including phenoxy) is 3. The van der Waals surface area contributed by atoms with Gasteiger partial charge in [0, 0.05) is 22.2 Å². The second-order valence-corrected chi connectivity index (χ2v) is 11.8. The number of anilines is 2. The van der Waals surface area contributed by atoms with E-state index in [-0.39, 0.29) is 11.6 Å². The van der Waals surface area contributed by atoms with Gasteiger partial charge in [0.05, 0.1) is 27.0 Å². The van der Waals surface area contributed by atoms with Crippen molar-refractivity contribution in [3.63, 3.8) is 0 Å². The van der Waals surface area contributed by atoms with Crippen LogP contribution in [0.15, 0.2) is 138 Å². The van der Waals surface area contributed by atoms with Crippen LogP contribution in [0, 0.1) is 0 Å². The summed E-state index contributed by atoms with van der Waals surface area (Å²) >= 11 is 1.36. The third-order valence-corrected chi connectivity index (χ3v) is 8.59. The topological polar surface area (TPSA) is 115 Å². The van der Waals surface area contributed by atoms with Gasteiger partial charge in [0.2, 0.25) is 5.91 Å². The van der Waals surface area contributed by atoms with Gasteiger partial charge >= 0.3 is 0 Å². The largest absolute Gasteiger partial charge is 0.497 e. The van der Waals surface area contributed by atoms with Crippen LogP contribution in [-0.4, -0.2) is 39.1 Å². The van der Waals surface area contributed by atoms with Crippen LogP contribution in [-0.2, 0) is 9.59 Å². The first-order valence-electron chi connectivity index (χ1n) is 15.2. The maximum absolute atomic E-state index is 13.7. The van der Waals surface area contributed by atoms with E-state index in [0.717, 1.165) is 10.5 Å². The fraction of sp³-hybridized carbons (Fsp3) is 0.103. The molecule has 3 N–H and O–H groups in total. The van der Waals surface area contributed by atoms with Gasteiger partial charge in [0.25, 0.3) is 11.8 Å². The molecule has 9 nitrogen and oxygen atoms in total. The van der Waals surface area contributed by atoms with Crippen LogP contribution in [0.2, 0.25) is 0 Å². The lowest BCUT2D eigenvalue weighted by Gasteiger charge is -2.19. The zero-order valence-electron chi connectivity index (χ0n) is 27.1. The van der Waals surface area contributed by atoms with E-state index in [2.05, 4.69) is 16.0 Å². The lowest BCUT2D eigenvalue weighted by Crippen LogP contribution is -2.30. The van der Waals surface area contributed by atoms with E-state index >= 15 is 0 Å². The van der Waals surface area contributed by atoms with Crippen molar-refractivity contribution >= 4 is 46.9 Å². The molecule has 5 rings (SSSR count). The standard InChI is InChI=1S/C39H35N3O6S/c1-46-30-18-14-26(15-19-30)24-34(42-37(43)28-12-8-5-9-13-28)38(44)40-29-16-21-32(22-17-29)49-36(27-10-6-4-7-11-27)39(45)41-33-25-31(47-2)20-23-35(33)48-3/h4-25,36H,1-3H3,(H,40,44)(H,41,45)(H,42,43)/b34-24-. The maximum atomic E-state index is 13.7. The summed E-state index contributed by atoms with van der Waals surface area (Å²) in [5, 5.41) is 8.00. The van der Waals surface area contributed by atoms with Gasteiger partial charge < -0.3 is 30.2 Å². The smallest absolute Gasteiger partial charge is 0.272 e. The lowest BCUT2D eigenvalue weighted by molar-refractivity contribution is -0.116. The Morgan fingerprint density at radius 3 is 1.94 bits per heavy atom. The summed E-state index contributed by atoms with van der Waals surface area (Å²) in [5.41, 5.74) is 2.98. The number of hydrogen-bond acceptors (Lipinski definition) is 7. The van der Waals surface area contributed by atoms with Crippen LogP contribution in [0.5, 0.6) is 17.2 Å². The molecular weight excluding hydrogens is 639 g/mol. The SMILES string of the molecule is COc1ccc(/C=C(\NC(=O)c2ccccc2)C(=O)Nc2ccc(SC(C(=O)Nc3cc(OC)ccc3OC)c3ccccc3)cc2)cc1. The molecule has 10 heteroatoms. The van der Waals surface area contributed by atoms with Crippen molar-refractivity contribution in [3.05, 3.63) is 150 Å². The molecule has 0 aliphatic carbocycles. The van der Waals surface area contributed by atoms with E-state index in [0.29, 0.717) is 39.8 Å².